The Morgan fingerprint density at radius 1 is 0.963 bits per heavy atom. The molecule has 0 aromatic heterocycles. The number of hydrogen-bond acceptors (Lipinski definition) is 2. The minimum Gasteiger partial charge on any atom is -0.279 e. The van der Waals surface area contributed by atoms with E-state index in [1.165, 1.54) is 52.4 Å². The third-order valence-electron chi connectivity index (χ3n) is 3.75. The lowest BCUT2D eigenvalue weighted by Gasteiger charge is -2.12. The largest absolute Gasteiger partial charge is 0.522 e. The summed E-state index contributed by atoms with van der Waals surface area (Å²) < 4.78 is 58.9. The predicted octanol–water partition coefficient (Wildman–Crippen LogP) is 6.48. The number of benzene rings is 2. The first kappa shape index (κ1) is 23.9. The van der Waals surface area contributed by atoms with Crippen molar-refractivity contribution in [3.05, 3.63) is 57.7 Å². The van der Waals surface area contributed by atoms with Crippen molar-refractivity contribution in [2.45, 2.75) is 44.5 Å². The molecule has 0 aliphatic rings. The standard InChI is InChI=1S/C18H21I.CHF3O3S/c1-2-3-4-6-10-16-13-9-14-17(19)18(16)15-11-7-5-8-12-15;2-1(3,4)8(5,6)7/h5,7-9,11-14H,2-4,6,10H2,1H3;(H,5,6,7). The lowest BCUT2D eigenvalue weighted by Crippen LogP contribution is -2.21. The maximum Gasteiger partial charge on any atom is 0.522 e. The van der Waals surface area contributed by atoms with Crippen LogP contribution < -0.4 is 0 Å². The Hall–Kier alpha value is -1.13. The number of rotatable bonds is 6. The highest BCUT2D eigenvalue weighted by atomic mass is 127. The third kappa shape index (κ3) is 8.18. The van der Waals surface area contributed by atoms with Gasteiger partial charge in [-0.3, -0.25) is 4.55 Å². The van der Waals surface area contributed by atoms with E-state index in [-0.39, 0.29) is 0 Å². The Bertz CT molecular complexity index is 807. The minimum absolute atomic E-state index is 1.20. The molecular formula is C19H22F3IO3S. The molecule has 2 rings (SSSR count). The average Bonchev–Trinajstić information content (AvgIpc) is 2.58. The Morgan fingerprint density at radius 2 is 1.56 bits per heavy atom. The lowest BCUT2D eigenvalue weighted by atomic mass is 9.96. The summed E-state index contributed by atoms with van der Waals surface area (Å²) in [6, 6.07) is 17.4. The first-order valence-corrected chi connectivity index (χ1v) is 11.0. The Labute approximate surface area is 171 Å². The molecule has 150 valence electrons. The molecule has 0 unspecified atom stereocenters. The molecule has 0 heterocycles. The van der Waals surface area contributed by atoms with Gasteiger partial charge >= 0.3 is 15.6 Å². The SMILES string of the molecule is CCCCCCc1cccc(I)c1-c1ccccc1.O=S(=O)(O)C(F)(F)F. The van der Waals surface area contributed by atoms with Crippen molar-refractivity contribution in [1.82, 2.24) is 0 Å². The Kier molecular flexibility index (Phi) is 9.75. The van der Waals surface area contributed by atoms with Gasteiger partial charge in [-0.15, -0.1) is 0 Å². The molecule has 0 aliphatic heterocycles. The normalized spacial score (nSPS) is 11.6. The van der Waals surface area contributed by atoms with E-state index in [1.54, 1.807) is 0 Å². The molecule has 27 heavy (non-hydrogen) atoms. The highest BCUT2D eigenvalue weighted by molar-refractivity contribution is 14.1. The van der Waals surface area contributed by atoms with Crippen LogP contribution in [0.5, 0.6) is 0 Å². The van der Waals surface area contributed by atoms with E-state index in [1.807, 2.05) is 0 Å². The van der Waals surface area contributed by atoms with Crippen molar-refractivity contribution in [2.75, 3.05) is 0 Å². The molecule has 0 spiro atoms. The number of alkyl halides is 3. The summed E-state index contributed by atoms with van der Waals surface area (Å²) >= 11 is 2.46. The first-order chi connectivity index (χ1) is 12.6. The second kappa shape index (κ2) is 11.0. The zero-order valence-electron chi connectivity index (χ0n) is 14.8. The number of halogens is 4. The fourth-order valence-electron chi connectivity index (χ4n) is 2.45. The molecule has 0 saturated heterocycles. The van der Waals surface area contributed by atoms with Crippen LogP contribution in [0.4, 0.5) is 13.2 Å². The van der Waals surface area contributed by atoms with Gasteiger partial charge in [0.2, 0.25) is 0 Å². The van der Waals surface area contributed by atoms with Crippen molar-refractivity contribution >= 4 is 32.7 Å². The molecule has 0 fully saturated rings. The van der Waals surface area contributed by atoms with Crippen LogP contribution >= 0.6 is 22.6 Å². The summed E-state index contributed by atoms with van der Waals surface area (Å²) in [4.78, 5) is 0. The van der Waals surface area contributed by atoms with Crippen LogP contribution in [0.15, 0.2) is 48.5 Å². The molecule has 8 heteroatoms. The molecule has 2 aromatic rings. The molecule has 0 saturated carbocycles. The van der Waals surface area contributed by atoms with Crippen LogP contribution in [-0.4, -0.2) is 18.5 Å². The molecule has 1 N–H and O–H groups in total. The smallest absolute Gasteiger partial charge is 0.279 e. The maximum absolute atomic E-state index is 10.7. The van der Waals surface area contributed by atoms with Crippen molar-refractivity contribution < 1.29 is 26.1 Å². The maximum atomic E-state index is 10.7. The van der Waals surface area contributed by atoms with Gasteiger partial charge in [0, 0.05) is 3.57 Å². The zero-order valence-corrected chi connectivity index (χ0v) is 17.8. The minimum atomic E-state index is -5.84. The van der Waals surface area contributed by atoms with Crippen molar-refractivity contribution in [3.63, 3.8) is 0 Å². The summed E-state index contributed by atoms with van der Waals surface area (Å²) in [6.07, 6.45) is 6.49. The van der Waals surface area contributed by atoms with Crippen LogP contribution in [0.1, 0.15) is 38.2 Å². The van der Waals surface area contributed by atoms with Gasteiger partial charge < -0.3 is 0 Å². The first-order valence-electron chi connectivity index (χ1n) is 8.44. The van der Waals surface area contributed by atoms with Crippen molar-refractivity contribution in [2.24, 2.45) is 0 Å². The van der Waals surface area contributed by atoms with E-state index >= 15 is 0 Å². The summed E-state index contributed by atoms with van der Waals surface area (Å²) in [5.41, 5.74) is -1.26. The van der Waals surface area contributed by atoms with Crippen LogP contribution in [-0.2, 0) is 16.5 Å². The number of aryl methyl sites for hydroxylation is 1. The summed E-state index contributed by atoms with van der Waals surface area (Å²) in [5, 5.41) is 0. The summed E-state index contributed by atoms with van der Waals surface area (Å²) in [5.74, 6) is 0. The molecule has 0 bridgehead atoms. The number of hydrogen-bond donors (Lipinski definition) is 1. The third-order valence-corrected chi connectivity index (χ3v) is 5.24. The molecule has 2 aromatic carbocycles. The zero-order chi connectivity index (χ0) is 20.5. The topological polar surface area (TPSA) is 54.4 Å². The van der Waals surface area contributed by atoms with Crippen LogP contribution in [0.25, 0.3) is 11.1 Å². The van der Waals surface area contributed by atoms with Crippen molar-refractivity contribution in [1.29, 1.82) is 0 Å². The van der Waals surface area contributed by atoms with Gasteiger partial charge in [-0.05, 0) is 58.2 Å². The van der Waals surface area contributed by atoms with Crippen molar-refractivity contribution in [3.8, 4) is 11.1 Å². The molecule has 3 nitrogen and oxygen atoms in total. The van der Waals surface area contributed by atoms with Gasteiger partial charge in [-0.25, -0.2) is 0 Å². The van der Waals surface area contributed by atoms with E-state index < -0.39 is 15.6 Å². The second-order valence-corrected chi connectivity index (χ2v) is 8.45. The van der Waals surface area contributed by atoms with E-state index in [0.717, 1.165) is 0 Å². The van der Waals surface area contributed by atoms with Crippen LogP contribution in [0, 0.1) is 3.57 Å². The van der Waals surface area contributed by atoms with Crippen LogP contribution in [0.2, 0.25) is 0 Å². The predicted molar refractivity (Wildman–Crippen MR) is 110 cm³/mol. The van der Waals surface area contributed by atoms with Gasteiger partial charge in [0.05, 0.1) is 0 Å². The van der Waals surface area contributed by atoms with E-state index in [4.69, 9.17) is 13.0 Å². The van der Waals surface area contributed by atoms with E-state index in [0.29, 0.717) is 0 Å². The van der Waals surface area contributed by atoms with Gasteiger partial charge in [0.15, 0.2) is 0 Å². The summed E-state index contributed by atoms with van der Waals surface area (Å²) in [6.45, 7) is 2.26. The molecule has 0 amide bonds. The summed E-state index contributed by atoms with van der Waals surface area (Å²) in [7, 11) is -5.84. The average molecular weight is 514 g/mol. The molecule has 0 atom stereocenters. The highest BCUT2D eigenvalue weighted by Crippen LogP contribution is 2.30. The van der Waals surface area contributed by atoms with Gasteiger partial charge in [-0.1, -0.05) is 68.7 Å². The van der Waals surface area contributed by atoms with Gasteiger partial charge in [0.1, 0.15) is 0 Å². The highest BCUT2D eigenvalue weighted by Gasteiger charge is 2.44. The molecular weight excluding hydrogens is 492 g/mol. The van der Waals surface area contributed by atoms with E-state index in [9.17, 15) is 13.2 Å². The van der Waals surface area contributed by atoms with Gasteiger partial charge in [0.25, 0.3) is 0 Å². The second-order valence-electron chi connectivity index (χ2n) is 5.87. The monoisotopic (exact) mass is 514 g/mol. The molecule has 0 radical (unpaired) electrons. The number of unbranched alkanes of at least 4 members (excludes halogenated alkanes) is 3. The van der Waals surface area contributed by atoms with Crippen LogP contribution in [0.3, 0.4) is 0 Å². The van der Waals surface area contributed by atoms with Gasteiger partial charge in [-0.2, -0.15) is 21.6 Å². The lowest BCUT2D eigenvalue weighted by molar-refractivity contribution is -0.0510. The fraction of sp³-hybridized carbons (Fsp3) is 0.368. The fourth-order valence-corrected chi connectivity index (χ4v) is 3.31. The Balaban J connectivity index is 0.000000387. The molecule has 0 aliphatic carbocycles. The quantitative estimate of drug-likeness (QED) is 0.208. The van der Waals surface area contributed by atoms with E-state index in [2.05, 4.69) is 78.0 Å². The Morgan fingerprint density at radius 3 is 2.07 bits per heavy atom.